The van der Waals surface area contributed by atoms with Crippen LogP contribution in [0.3, 0.4) is 0 Å². The van der Waals surface area contributed by atoms with Gasteiger partial charge in [-0.2, -0.15) is 0 Å². The molecule has 106 valence electrons. The normalized spacial score (nSPS) is 28.2. The maximum Gasteiger partial charge on any atom is 0.0798 e. The molecule has 0 aromatic carbocycles. The minimum Gasteiger partial charge on any atom is -0.388 e. The molecule has 18 heavy (non-hydrogen) atoms. The molecule has 2 N–H and O–H groups in total. The van der Waals surface area contributed by atoms with E-state index in [4.69, 9.17) is 0 Å². The maximum atomic E-state index is 10.6. The van der Waals surface area contributed by atoms with Crippen LogP contribution in [0.2, 0.25) is 0 Å². The molecule has 3 heteroatoms. The van der Waals surface area contributed by atoms with Gasteiger partial charge in [-0.3, -0.25) is 0 Å². The van der Waals surface area contributed by atoms with Gasteiger partial charge in [-0.15, -0.1) is 0 Å². The molecular formula is C15H30N2O. The predicted octanol–water partition coefficient (Wildman–Crippen LogP) is 2.00. The number of aliphatic hydroxyl groups is 1. The van der Waals surface area contributed by atoms with Gasteiger partial charge in [0, 0.05) is 6.54 Å². The molecule has 0 aromatic rings. The van der Waals surface area contributed by atoms with Gasteiger partial charge in [0.05, 0.1) is 5.60 Å². The third-order valence-corrected chi connectivity index (χ3v) is 5.47. The Morgan fingerprint density at radius 2 is 1.56 bits per heavy atom. The molecule has 0 bridgehead atoms. The number of nitrogens with one attached hydrogen (secondary N) is 1. The first-order chi connectivity index (χ1) is 8.61. The molecule has 2 fully saturated rings. The smallest absolute Gasteiger partial charge is 0.0798 e. The summed E-state index contributed by atoms with van der Waals surface area (Å²) in [7, 11) is 0. The summed E-state index contributed by atoms with van der Waals surface area (Å²) in [6, 6.07) is 0. The van der Waals surface area contributed by atoms with Crippen molar-refractivity contribution in [1.29, 1.82) is 0 Å². The van der Waals surface area contributed by atoms with Crippen molar-refractivity contribution in [3.05, 3.63) is 0 Å². The van der Waals surface area contributed by atoms with Gasteiger partial charge in [0.15, 0.2) is 0 Å². The Labute approximate surface area is 112 Å². The zero-order chi connectivity index (χ0) is 13.1. The molecule has 0 spiro atoms. The van der Waals surface area contributed by atoms with Gasteiger partial charge in [0.2, 0.25) is 0 Å². The highest BCUT2D eigenvalue weighted by Crippen LogP contribution is 2.38. The molecule has 0 atom stereocenters. The first kappa shape index (κ1) is 14.3. The summed E-state index contributed by atoms with van der Waals surface area (Å²) in [5.74, 6) is 0. The lowest BCUT2D eigenvalue weighted by Crippen LogP contribution is -2.52. The van der Waals surface area contributed by atoms with Crippen LogP contribution in [-0.2, 0) is 0 Å². The molecule has 0 aliphatic carbocycles. The van der Waals surface area contributed by atoms with E-state index < -0.39 is 5.60 Å². The number of likely N-dealkylation sites (tertiary alicyclic amines) is 1. The molecule has 2 heterocycles. The zero-order valence-electron chi connectivity index (χ0n) is 12.2. The van der Waals surface area contributed by atoms with E-state index in [0.717, 1.165) is 32.5 Å². The van der Waals surface area contributed by atoms with Crippen LogP contribution in [0.5, 0.6) is 0 Å². The second kappa shape index (κ2) is 5.89. The summed E-state index contributed by atoms with van der Waals surface area (Å²) in [6.07, 6.45) is 7.08. The van der Waals surface area contributed by atoms with Crippen LogP contribution in [-0.4, -0.2) is 48.3 Å². The second-order valence-electron chi connectivity index (χ2n) is 6.46. The van der Waals surface area contributed by atoms with Crippen molar-refractivity contribution in [2.45, 2.75) is 58.0 Å². The van der Waals surface area contributed by atoms with E-state index in [1.807, 2.05) is 0 Å². The fourth-order valence-electron chi connectivity index (χ4n) is 3.61. The average Bonchev–Trinajstić information content (AvgIpc) is 2.40. The van der Waals surface area contributed by atoms with Gasteiger partial charge in [0.25, 0.3) is 0 Å². The number of β-amino-alcohol motifs (C(OH)–C–C–N with tert-alkyl or cyclic N) is 1. The van der Waals surface area contributed by atoms with Gasteiger partial charge >= 0.3 is 0 Å². The van der Waals surface area contributed by atoms with Crippen LogP contribution in [0.15, 0.2) is 0 Å². The van der Waals surface area contributed by atoms with Crippen LogP contribution in [0, 0.1) is 5.41 Å². The van der Waals surface area contributed by atoms with Gasteiger partial charge < -0.3 is 15.3 Å². The third kappa shape index (κ3) is 3.25. The lowest BCUT2D eigenvalue weighted by atomic mass is 9.74. The molecule has 0 saturated carbocycles. The van der Waals surface area contributed by atoms with E-state index in [1.165, 1.54) is 38.8 Å². The molecule has 0 amide bonds. The van der Waals surface area contributed by atoms with Gasteiger partial charge in [-0.1, -0.05) is 26.7 Å². The van der Waals surface area contributed by atoms with Gasteiger partial charge in [-0.05, 0) is 57.3 Å². The van der Waals surface area contributed by atoms with Crippen LogP contribution in [0.25, 0.3) is 0 Å². The van der Waals surface area contributed by atoms with Crippen molar-refractivity contribution in [3.8, 4) is 0 Å². The minimum atomic E-state index is -0.427. The Morgan fingerprint density at radius 3 is 2.06 bits per heavy atom. The van der Waals surface area contributed by atoms with Gasteiger partial charge in [0.1, 0.15) is 0 Å². The van der Waals surface area contributed by atoms with Crippen LogP contribution in [0.4, 0.5) is 0 Å². The fourth-order valence-corrected chi connectivity index (χ4v) is 3.61. The average molecular weight is 254 g/mol. The first-order valence-electron chi connectivity index (χ1n) is 7.77. The molecule has 2 aliphatic heterocycles. The van der Waals surface area contributed by atoms with Crippen molar-refractivity contribution in [1.82, 2.24) is 10.2 Å². The molecule has 2 aliphatic rings. The van der Waals surface area contributed by atoms with E-state index in [9.17, 15) is 5.11 Å². The highest BCUT2D eigenvalue weighted by atomic mass is 16.3. The molecule has 0 aromatic heterocycles. The number of nitrogens with zero attached hydrogens (tertiary/aromatic N) is 1. The van der Waals surface area contributed by atoms with Crippen molar-refractivity contribution in [2.24, 2.45) is 5.41 Å². The summed E-state index contributed by atoms with van der Waals surface area (Å²) in [5.41, 5.74) is 0.164. The number of piperidine rings is 2. The number of rotatable bonds is 4. The first-order valence-corrected chi connectivity index (χ1v) is 7.77. The number of hydrogen-bond donors (Lipinski definition) is 2. The summed E-state index contributed by atoms with van der Waals surface area (Å²) in [6.45, 7) is 9.85. The third-order valence-electron chi connectivity index (χ3n) is 5.47. The van der Waals surface area contributed by atoms with Crippen LogP contribution in [0.1, 0.15) is 52.4 Å². The minimum absolute atomic E-state index is 0.427. The van der Waals surface area contributed by atoms with Crippen molar-refractivity contribution >= 4 is 0 Å². The Hall–Kier alpha value is -0.120. The van der Waals surface area contributed by atoms with Crippen LogP contribution >= 0.6 is 0 Å². The monoisotopic (exact) mass is 254 g/mol. The molecule has 2 rings (SSSR count). The highest BCUT2D eigenvalue weighted by molar-refractivity contribution is 4.91. The predicted molar refractivity (Wildman–Crippen MR) is 75.7 cm³/mol. The molecule has 2 saturated heterocycles. The lowest BCUT2D eigenvalue weighted by molar-refractivity contribution is -0.0356. The summed E-state index contributed by atoms with van der Waals surface area (Å²) in [4.78, 5) is 2.49. The fraction of sp³-hybridized carbons (Fsp3) is 1.00. The SMILES string of the molecule is CCC1(CC)CCN(CC2(O)CCNCC2)CC1. The van der Waals surface area contributed by atoms with Crippen molar-refractivity contribution in [3.63, 3.8) is 0 Å². The summed E-state index contributed by atoms with van der Waals surface area (Å²) >= 11 is 0. The molecular weight excluding hydrogens is 224 g/mol. The largest absolute Gasteiger partial charge is 0.388 e. The van der Waals surface area contributed by atoms with Crippen molar-refractivity contribution in [2.75, 3.05) is 32.7 Å². The van der Waals surface area contributed by atoms with E-state index in [0.29, 0.717) is 5.41 Å². The Morgan fingerprint density at radius 1 is 1.00 bits per heavy atom. The van der Waals surface area contributed by atoms with E-state index in [-0.39, 0.29) is 0 Å². The lowest BCUT2D eigenvalue weighted by Gasteiger charge is -2.44. The quantitative estimate of drug-likeness (QED) is 0.805. The second-order valence-corrected chi connectivity index (χ2v) is 6.46. The van der Waals surface area contributed by atoms with E-state index in [1.54, 1.807) is 0 Å². The molecule has 0 unspecified atom stereocenters. The van der Waals surface area contributed by atoms with E-state index in [2.05, 4.69) is 24.1 Å². The van der Waals surface area contributed by atoms with Gasteiger partial charge in [-0.25, -0.2) is 0 Å². The topological polar surface area (TPSA) is 35.5 Å². The maximum absolute atomic E-state index is 10.6. The van der Waals surface area contributed by atoms with Crippen LogP contribution < -0.4 is 5.32 Å². The zero-order valence-corrected chi connectivity index (χ0v) is 12.2. The summed E-state index contributed by atoms with van der Waals surface area (Å²) < 4.78 is 0. The standard InChI is InChI=1S/C15H30N2O/c1-3-14(4-2)7-11-17(12-8-14)13-15(18)5-9-16-10-6-15/h16,18H,3-13H2,1-2H3. The highest BCUT2D eigenvalue weighted by Gasteiger charge is 2.36. The molecule has 0 radical (unpaired) electrons. The molecule has 3 nitrogen and oxygen atoms in total. The van der Waals surface area contributed by atoms with Crippen molar-refractivity contribution < 1.29 is 5.11 Å². The Kier molecular flexibility index (Phi) is 4.68. The number of hydrogen-bond acceptors (Lipinski definition) is 3. The Bertz CT molecular complexity index is 247. The Balaban J connectivity index is 1.82. The summed E-state index contributed by atoms with van der Waals surface area (Å²) in [5, 5.41) is 13.9. The van der Waals surface area contributed by atoms with E-state index >= 15 is 0 Å².